The van der Waals surface area contributed by atoms with Crippen LogP contribution in [-0.2, 0) is 4.79 Å². The average Bonchev–Trinajstić information content (AvgIpc) is 2.21. The molecule has 94 valence electrons. The van der Waals surface area contributed by atoms with Crippen LogP contribution in [0.2, 0.25) is 0 Å². The average molecular weight is 246 g/mol. The van der Waals surface area contributed by atoms with Crippen LogP contribution in [0.15, 0.2) is 5.16 Å². The maximum atomic E-state index is 11.8. The van der Waals surface area contributed by atoms with E-state index >= 15 is 0 Å². The zero-order valence-electron chi connectivity index (χ0n) is 10.7. The first kappa shape index (κ1) is 15.3. The zero-order valence-corrected chi connectivity index (χ0v) is 11.5. The Morgan fingerprint density at radius 1 is 1.50 bits per heavy atom. The summed E-state index contributed by atoms with van der Waals surface area (Å²) in [5, 5.41) is 15.4. The van der Waals surface area contributed by atoms with E-state index in [1.54, 1.807) is 7.05 Å². The van der Waals surface area contributed by atoms with Gasteiger partial charge in [0, 0.05) is 7.05 Å². The smallest absolute Gasteiger partial charge is 0.230 e. The van der Waals surface area contributed by atoms with Gasteiger partial charge in [0.05, 0.1) is 5.92 Å². The molecule has 16 heavy (non-hydrogen) atoms. The van der Waals surface area contributed by atoms with E-state index in [1.807, 2.05) is 27.7 Å². The van der Waals surface area contributed by atoms with Crippen LogP contribution >= 0.6 is 11.8 Å². The van der Waals surface area contributed by atoms with Crippen molar-refractivity contribution in [3.63, 3.8) is 0 Å². The Bertz CT molecular complexity index is 259. The molecule has 0 aliphatic rings. The highest BCUT2D eigenvalue weighted by atomic mass is 32.2. The minimum atomic E-state index is -0.404. The van der Waals surface area contributed by atoms with Gasteiger partial charge in [-0.05, 0) is 17.6 Å². The van der Waals surface area contributed by atoms with Gasteiger partial charge in [-0.2, -0.15) is 0 Å². The second-order valence-corrected chi connectivity index (χ2v) is 5.82. The molecule has 0 heterocycles. The van der Waals surface area contributed by atoms with Crippen molar-refractivity contribution in [3.8, 4) is 0 Å². The second kappa shape index (κ2) is 6.78. The molecule has 0 fully saturated rings. The first-order valence-corrected chi connectivity index (χ1v) is 6.43. The molecule has 0 aromatic rings. The number of nitrogens with zero attached hydrogens (tertiary/aromatic N) is 1. The van der Waals surface area contributed by atoms with Gasteiger partial charge in [0.15, 0.2) is 0 Å². The predicted molar refractivity (Wildman–Crippen MR) is 69.0 cm³/mol. The Morgan fingerprint density at radius 2 is 2.06 bits per heavy atom. The van der Waals surface area contributed by atoms with E-state index in [4.69, 9.17) is 5.21 Å². The summed E-state index contributed by atoms with van der Waals surface area (Å²) in [5.74, 6) is 0.339. The monoisotopic (exact) mass is 246 g/mol. The molecule has 0 bridgehead atoms. The molecule has 0 rings (SSSR count). The third-order valence-corrected chi connectivity index (χ3v) is 3.40. The fraction of sp³-hybridized carbons (Fsp3) is 0.818. The van der Waals surface area contributed by atoms with E-state index in [1.165, 1.54) is 11.8 Å². The Hall–Kier alpha value is -0.710. The van der Waals surface area contributed by atoms with E-state index in [-0.39, 0.29) is 11.3 Å². The second-order valence-electron chi connectivity index (χ2n) is 4.70. The summed E-state index contributed by atoms with van der Waals surface area (Å²) in [6.45, 7) is 7.94. The Balaban J connectivity index is 4.94. The largest absolute Gasteiger partial charge is 0.410 e. The molecule has 0 spiro atoms. The van der Waals surface area contributed by atoms with E-state index < -0.39 is 5.92 Å². The molecule has 0 saturated carbocycles. The lowest BCUT2D eigenvalue weighted by molar-refractivity contribution is -0.124. The standard InChI is InChI=1S/C11H22N2O2S/c1-6-7-16-10(13-15)8(9(14)12-5)11(2,3)4/h8,15H,6-7H2,1-5H3,(H,12,14)/b13-10-. The van der Waals surface area contributed by atoms with E-state index in [0.717, 1.165) is 12.2 Å². The topological polar surface area (TPSA) is 61.7 Å². The van der Waals surface area contributed by atoms with Gasteiger partial charge in [0.2, 0.25) is 5.91 Å². The third-order valence-electron chi connectivity index (χ3n) is 2.17. The van der Waals surface area contributed by atoms with Gasteiger partial charge >= 0.3 is 0 Å². The maximum absolute atomic E-state index is 11.8. The van der Waals surface area contributed by atoms with Gasteiger partial charge in [-0.15, -0.1) is 11.8 Å². The SMILES string of the molecule is CCCS/C(=N\O)C(C(=O)NC)C(C)(C)C. The van der Waals surface area contributed by atoms with Crippen molar-refractivity contribution in [1.29, 1.82) is 0 Å². The number of carbonyl (C=O) groups excluding carboxylic acids is 1. The molecular weight excluding hydrogens is 224 g/mol. The highest BCUT2D eigenvalue weighted by Crippen LogP contribution is 2.31. The number of oxime groups is 1. The summed E-state index contributed by atoms with van der Waals surface area (Å²) in [5.41, 5.74) is -0.262. The van der Waals surface area contributed by atoms with Crippen molar-refractivity contribution in [1.82, 2.24) is 5.32 Å². The number of nitrogens with one attached hydrogen (secondary N) is 1. The van der Waals surface area contributed by atoms with Gasteiger partial charge in [-0.3, -0.25) is 4.79 Å². The minimum absolute atomic E-state index is 0.107. The molecule has 0 aromatic heterocycles. The molecular formula is C11H22N2O2S. The molecule has 0 aromatic carbocycles. The normalized spacial score (nSPS) is 14.7. The van der Waals surface area contributed by atoms with Crippen LogP contribution in [0, 0.1) is 11.3 Å². The summed E-state index contributed by atoms with van der Waals surface area (Å²) in [6.07, 6.45) is 0.980. The fourth-order valence-corrected chi connectivity index (χ4v) is 2.50. The number of carbonyl (C=O) groups is 1. The quantitative estimate of drug-likeness (QED) is 0.346. The number of amides is 1. The number of rotatable bonds is 4. The number of hydrogen-bond donors (Lipinski definition) is 2. The van der Waals surface area contributed by atoms with Crippen molar-refractivity contribution in [2.75, 3.05) is 12.8 Å². The van der Waals surface area contributed by atoms with Crippen molar-refractivity contribution >= 4 is 22.7 Å². The van der Waals surface area contributed by atoms with Gasteiger partial charge in [0.1, 0.15) is 5.04 Å². The molecule has 4 nitrogen and oxygen atoms in total. The first-order valence-electron chi connectivity index (χ1n) is 5.44. The van der Waals surface area contributed by atoms with Crippen molar-refractivity contribution in [2.45, 2.75) is 34.1 Å². The van der Waals surface area contributed by atoms with Crippen molar-refractivity contribution in [3.05, 3.63) is 0 Å². The minimum Gasteiger partial charge on any atom is -0.410 e. The van der Waals surface area contributed by atoms with Crippen LogP contribution in [0.25, 0.3) is 0 Å². The first-order chi connectivity index (χ1) is 7.38. The Kier molecular flexibility index (Phi) is 6.48. The zero-order chi connectivity index (χ0) is 12.8. The Labute approximate surface area is 102 Å². The Morgan fingerprint density at radius 3 is 2.38 bits per heavy atom. The molecule has 0 saturated heterocycles. The van der Waals surface area contributed by atoms with Crippen LogP contribution < -0.4 is 5.32 Å². The van der Waals surface area contributed by atoms with Gasteiger partial charge in [-0.25, -0.2) is 0 Å². The highest BCUT2D eigenvalue weighted by Gasteiger charge is 2.35. The molecule has 1 unspecified atom stereocenters. The lowest BCUT2D eigenvalue weighted by Crippen LogP contribution is -2.40. The van der Waals surface area contributed by atoms with E-state index in [9.17, 15) is 4.79 Å². The number of hydrogen-bond acceptors (Lipinski definition) is 4. The summed E-state index contributed by atoms with van der Waals surface area (Å²) in [6, 6.07) is 0. The third kappa shape index (κ3) is 4.43. The molecule has 1 atom stereocenters. The summed E-state index contributed by atoms with van der Waals surface area (Å²) in [7, 11) is 1.60. The predicted octanol–water partition coefficient (Wildman–Crippen LogP) is 2.33. The van der Waals surface area contributed by atoms with Gasteiger partial charge in [-0.1, -0.05) is 32.9 Å². The molecule has 5 heteroatoms. The lowest BCUT2D eigenvalue weighted by Gasteiger charge is -2.29. The van der Waals surface area contributed by atoms with Crippen molar-refractivity contribution < 1.29 is 10.0 Å². The van der Waals surface area contributed by atoms with Crippen LogP contribution in [-0.4, -0.2) is 29.0 Å². The van der Waals surface area contributed by atoms with Crippen LogP contribution in [0.5, 0.6) is 0 Å². The van der Waals surface area contributed by atoms with Crippen LogP contribution in [0.1, 0.15) is 34.1 Å². The van der Waals surface area contributed by atoms with Crippen molar-refractivity contribution in [2.24, 2.45) is 16.5 Å². The summed E-state index contributed by atoms with van der Waals surface area (Å²) >= 11 is 1.44. The van der Waals surface area contributed by atoms with E-state index in [0.29, 0.717) is 5.04 Å². The molecule has 0 aliphatic heterocycles. The maximum Gasteiger partial charge on any atom is 0.230 e. The highest BCUT2D eigenvalue weighted by molar-refractivity contribution is 8.14. The fourth-order valence-electron chi connectivity index (χ4n) is 1.40. The molecule has 1 amide bonds. The summed E-state index contributed by atoms with van der Waals surface area (Å²) < 4.78 is 0. The molecule has 0 aliphatic carbocycles. The molecule has 0 radical (unpaired) electrons. The lowest BCUT2D eigenvalue weighted by atomic mass is 9.80. The number of thioether (sulfide) groups is 1. The van der Waals surface area contributed by atoms with E-state index in [2.05, 4.69) is 10.5 Å². The van der Waals surface area contributed by atoms with Crippen LogP contribution in [0.4, 0.5) is 0 Å². The van der Waals surface area contributed by atoms with Gasteiger partial charge < -0.3 is 10.5 Å². The summed E-state index contributed by atoms with van der Waals surface area (Å²) in [4.78, 5) is 11.8. The van der Waals surface area contributed by atoms with Gasteiger partial charge in [0.25, 0.3) is 0 Å². The molecule has 2 N–H and O–H groups in total. The van der Waals surface area contributed by atoms with Crippen LogP contribution in [0.3, 0.4) is 0 Å².